The number of anilines is 1. The van der Waals surface area contributed by atoms with Gasteiger partial charge in [0.05, 0.1) is 17.0 Å². The van der Waals surface area contributed by atoms with Gasteiger partial charge in [0.2, 0.25) is 15.9 Å². The molecule has 8 heteroatoms. The van der Waals surface area contributed by atoms with E-state index >= 15 is 0 Å². The highest BCUT2D eigenvalue weighted by Gasteiger charge is 2.39. The van der Waals surface area contributed by atoms with Gasteiger partial charge in [0.25, 0.3) is 0 Å². The highest BCUT2D eigenvalue weighted by atomic mass is 35.5. The quantitative estimate of drug-likeness (QED) is 0.730. The van der Waals surface area contributed by atoms with Gasteiger partial charge < -0.3 is 5.32 Å². The number of nitrogens with one attached hydrogen (secondary N) is 1. The SMILES string of the molecule is CS(=O)(=O)N(CCCC(=O)N[C@@H]1C[C@H]2CC[C@H]1C2)c1cc(Cl)ccc1Cl. The Bertz CT molecular complexity index is 785. The van der Waals surface area contributed by atoms with Gasteiger partial charge in [-0.3, -0.25) is 9.10 Å². The van der Waals surface area contributed by atoms with Crippen LogP contribution in [0.2, 0.25) is 10.0 Å². The summed E-state index contributed by atoms with van der Waals surface area (Å²) in [5, 5.41) is 3.85. The molecule has 2 aliphatic carbocycles. The van der Waals surface area contributed by atoms with E-state index < -0.39 is 10.0 Å². The predicted octanol–water partition coefficient (Wildman–Crippen LogP) is 3.84. The van der Waals surface area contributed by atoms with Crippen molar-refractivity contribution in [3.63, 3.8) is 0 Å². The van der Waals surface area contributed by atoms with Crippen molar-refractivity contribution in [2.45, 2.75) is 44.6 Å². The van der Waals surface area contributed by atoms with Crippen molar-refractivity contribution in [2.24, 2.45) is 11.8 Å². The molecule has 3 rings (SSSR count). The molecule has 0 unspecified atom stereocenters. The smallest absolute Gasteiger partial charge is 0.232 e. The molecule has 2 aliphatic rings. The molecule has 1 aromatic rings. The van der Waals surface area contributed by atoms with E-state index in [-0.39, 0.29) is 18.9 Å². The molecule has 26 heavy (non-hydrogen) atoms. The molecule has 144 valence electrons. The first-order chi connectivity index (χ1) is 12.2. The summed E-state index contributed by atoms with van der Waals surface area (Å²) in [6.45, 7) is 0.184. The molecule has 3 atom stereocenters. The summed E-state index contributed by atoms with van der Waals surface area (Å²) in [7, 11) is -3.53. The fourth-order valence-corrected chi connectivity index (χ4v) is 5.63. The average molecular weight is 419 g/mol. The lowest BCUT2D eigenvalue weighted by molar-refractivity contribution is -0.122. The average Bonchev–Trinajstić information content (AvgIpc) is 3.16. The highest BCUT2D eigenvalue weighted by molar-refractivity contribution is 7.92. The van der Waals surface area contributed by atoms with Gasteiger partial charge in [-0.25, -0.2) is 8.42 Å². The van der Waals surface area contributed by atoms with Crippen LogP contribution in [-0.2, 0) is 14.8 Å². The number of rotatable bonds is 7. The lowest BCUT2D eigenvalue weighted by atomic mass is 9.95. The molecule has 2 bridgehead atoms. The fraction of sp³-hybridized carbons (Fsp3) is 0.611. The second kappa shape index (κ2) is 7.95. The van der Waals surface area contributed by atoms with E-state index in [1.165, 1.54) is 29.6 Å². The van der Waals surface area contributed by atoms with E-state index in [1.807, 2.05) is 0 Å². The molecule has 0 aromatic heterocycles. The summed E-state index contributed by atoms with van der Waals surface area (Å²) in [5.74, 6) is 1.39. The Labute approximate surface area is 165 Å². The second-order valence-electron chi connectivity index (χ2n) is 7.38. The maximum atomic E-state index is 12.2. The van der Waals surface area contributed by atoms with Crippen molar-refractivity contribution < 1.29 is 13.2 Å². The van der Waals surface area contributed by atoms with Crippen LogP contribution in [0.3, 0.4) is 0 Å². The number of hydrogen-bond donors (Lipinski definition) is 1. The minimum absolute atomic E-state index is 0.00630. The Balaban J connectivity index is 1.57. The van der Waals surface area contributed by atoms with Crippen molar-refractivity contribution >= 4 is 44.8 Å². The van der Waals surface area contributed by atoms with E-state index in [4.69, 9.17) is 23.2 Å². The minimum atomic E-state index is -3.53. The molecule has 1 aromatic carbocycles. The van der Waals surface area contributed by atoms with Gasteiger partial charge in [0.15, 0.2) is 0 Å². The van der Waals surface area contributed by atoms with Gasteiger partial charge in [0.1, 0.15) is 0 Å². The Hall–Kier alpha value is -0.980. The molecular formula is C18H24Cl2N2O3S. The van der Waals surface area contributed by atoms with Crippen molar-refractivity contribution in [2.75, 3.05) is 17.1 Å². The third-order valence-corrected chi connectivity index (χ3v) is 7.16. The van der Waals surface area contributed by atoms with Crippen LogP contribution in [0.5, 0.6) is 0 Å². The van der Waals surface area contributed by atoms with Gasteiger partial charge in [-0.1, -0.05) is 29.6 Å². The zero-order chi connectivity index (χ0) is 18.9. The molecule has 0 aliphatic heterocycles. The van der Waals surface area contributed by atoms with Gasteiger partial charge in [-0.15, -0.1) is 0 Å². The van der Waals surface area contributed by atoms with Gasteiger partial charge >= 0.3 is 0 Å². The van der Waals surface area contributed by atoms with Crippen molar-refractivity contribution in [3.05, 3.63) is 28.2 Å². The predicted molar refractivity (Wildman–Crippen MR) is 105 cm³/mol. The summed E-state index contributed by atoms with van der Waals surface area (Å²) in [6, 6.07) is 5.01. The number of halogens is 2. The summed E-state index contributed by atoms with van der Waals surface area (Å²) >= 11 is 12.1. The monoisotopic (exact) mass is 418 g/mol. The number of hydrogen-bond acceptors (Lipinski definition) is 3. The molecule has 0 heterocycles. The number of fused-ring (bicyclic) bond motifs is 2. The largest absolute Gasteiger partial charge is 0.353 e. The summed E-state index contributed by atoms with van der Waals surface area (Å²) in [4.78, 5) is 12.2. The number of carbonyl (C=O) groups excluding carboxylic acids is 1. The first-order valence-corrected chi connectivity index (χ1v) is 11.6. The van der Waals surface area contributed by atoms with Gasteiger partial charge in [-0.2, -0.15) is 0 Å². The molecule has 0 spiro atoms. The normalized spacial score (nSPS) is 24.7. The standard InChI is InChI=1S/C18H24Cl2N2O3S/c1-26(24,25)22(17-11-14(19)6-7-15(17)20)8-2-3-18(23)21-16-10-12-4-5-13(16)9-12/h6-7,11-13,16H,2-5,8-10H2,1H3,(H,21,23)/t12-,13-,16+/m0/s1. The van der Waals surface area contributed by atoms with E-state index in [0.29, 0.717) is 34.1 Å². The van der Waals surface area contributed by atoms with E-state index in [0.717, 1.165) is 18.6 Å². The number of sulfonamides is 1. The molecule has 1 amide bonds. The van der Waals surface area contributed by atoms with Crippen molar-refractivity contribution in [1.82, 2.24) is 5.32 Å². The van der Waals surface area contributed by atoms with Crippen LogP contribution in [0.4, 0.5) is 5.69 Å². The Morgan fingerprint density at radius 1 is 1.27 bits per heavy atom. The lowest BCUT2D eigenvalue weighted by Gasteiger charge is -2.25. The van der Waals surface area contributed by atoms with Crippen LogP contribution in [0, 0.1) is 11.8 Å². The molecule has 0 radical (unpaired) electrons. The Morgan fingerprint density at radius 3 is 2.65 bits per heavy atom. The molecule has 1 N–H and O–H groups in total. The maximum Gasteiger partial charge on any atom is 0.232 e. The number of carbonyl (C=O) groups is 1. The Kier molecular flexibility index (Phi) is 6.04. The van der Waals surface area contributed by atoms with Gasteiger partial charge in [-0.05, 0) is 55.7 Å². The first-order valence-electron chi connectivity index (χ1n) is 8.96. The zero-order valence-corrected chi connectivity index (χ0v) is 17.1. The third-order valence-electron chi connectivity index (χ3n) is 5.43. The number of benzene rings is 1. The van der Waals surface area contributed by atoms with E-state index in [9.17, 15) is 13.2 Å². The zero-order valence-electron chi connectivity index (χ0n) is 14.7. The summed E-state index contributed by atoms with van der Waals surface area (Å²) < 4.78 is 25.5. The molecule has 5 nitrogen and oxygen atoms in total. The van der Waals surface area contributed by atoms with Crippen LogP contribution in [0.1, 0.15) is 38.5 Å². The van der Waals surface area contributed by atoms with Crippen LogP contribution in [0.25, 0.3) is 0 Å². The Morgan fingerprint density at radius 2 is 2.04 bits per heavy atom. The first kappa shape index (κ1) is 19.8. The van der Waals surface area contributed by atoms with Crippen LogP contribution in [0.15, 0.2) is 18.2 Å². The molecule has 2 fully saturated rings. The fourth-order valence-electron chi connectivity index (χ4n) is 4.23. The lowest BCUT2D eigenvalue weighted by Crippen LogP contribution is -2.39. The van der Waals surface area contributed by atoms with E-state index in [1.54, 1.807) is 12.1 Å². The van der Waals surface area contributed by atoms with Crippen molar-refractivity contribution in [3.8, 4) is 0 Å². The molecule has 0 saturated heterocycles. The van der Waals surface area contributed by atoms with Gasteiger partial charge in [0, 0.05) is 24.0 Å². The second-order valence-corrected chi connectivity index (χ2v) is 10.1. The summed E-state index contributed by atoms with van der Waals surface area (Å²) in [6.07, 6.45) is 6.66. The molecular weight excluding hydrogens is 395 g/mol. The summed E-state index contributed by atoms with van der Waals surface area (Å²) in [5.41, 5.74) is 0.343. The number of amides is 1. The van der Waals surface area contributed by atoms with Crippen LogP contribution >= 0.6 is 23.2 Å². The number of nitrogens with zero attached hydrogens (tertiary/aromatic N) is 1. The molecule has 2 saturated carbocycles. The minimum Gasteiger partial charge on any atom is -0.353 e. The topological polar surface area (TPSA) is 66.5 Å². The third kappa shape index (κ3) is 4.65. The van der Waals surface area contributed by atoms with Crippen LogP contribution in [-0.4, -0.2) is 33.2 Å². The maximum absolute atomic E-state index is 12.2. The van der Waals surface area contributed by atoms with Crippen molar-refractivity contribution in [1.29, 1.82) is 0 Å². The highest BCUT2D eigenvalue weighted by Crippen LogP contribution is 2.44. The van der Waals surface area contributed by atoms with E-state index in [2.05, 4.69) is 5.32 Å². The van der Waals surface area contributed by atoms with Crippen LogP contribution < -0.4 is 9.62 Å².